The van der Waals surface area contributed by atoms with E-state index in [2.05, 4.69) is 20.5 Å². The molecule has 15 heteroatoms. The number of thiophene rings is 1. The number of hydrogen-bond acceptors (Lipinski definition) is 6. The van der Waals surface area contributed by atoms with Crippen molar-refractivity contribution in [3.8, 4) is 11.1 Å². The minimum Gasteiger partial charge on any atom is -0.365 e. The molecule has 0 spiro atoms. The number of rotatable bonds is 6. The lowest BCUT2D eigenvalue weighted by molar-refractivity contribution is -0.143. The number of aryl methyl sites for hydroxylation is 2. The van der Waals surface area contributed by atoms with Crippen molar-refractivity contribution in [1.82, 2.24) is 24.5 Å². The number of halogens is 5. The lowest BCUT2D eigenvalue weighted by Crippen LogP contribution is -2.17. The summed E-state index contributed by atoms with van der Waals surface area (Å²) >= 11 is 0.674. The summed E-state index contributed by atoms with van der Waals surface area (Å²) in [5, 5.41) is 10.3. The van der Waals surface area contributed by atoms with Gasteiger partial charge in [0.15, 0.2) is 5.69 Å². The molecule has 0 aromatic carbocycles. The maximum Gasteiger partial charge on any atom is 0.433 e. The smallest absolute Gasteiger partial charge is 0.365 e. The molecule has 36 heavy (non-hydrogen) atoms. The van der Waals surface area contributed by atoms with Gasteiger partial charge in [-0.15, -0.1) is 11.3 Å². The monoisotopic (exact) mass is 527 g/mol. The number of hydrogen-bond donors (Lipinski definition) is 2. The summed E-state index contributed by atoms with van der Waals surface area (Å²) in [5.74, 6) is -2.05. The minimum atomic E-state index is -4.76. The van der Waals surface area contributed by atoms with Gasteiger partial charge in [-0.25, -0.2) is 13.8 Å². The van der Waals surface area contributed by atoms with Crippen LogP contribution < -0.4 is 11.1 Å². The number of pyridine rings is 1. The first-order valence-corrected chi connectivity index (χ1v) is 11.2. The number of anilines is 1. The molecule has 0 aliphatic heterocycles. The highest BCUT2D eigenvalue weighted by atomic mass is 32.1. The second-order valence-corrected chi connectivity index (χ2v) is 8.69. The Morgan fingerprint density at radius 2 is 1.92 bits per heavy atom. The molecule has 0 unspecified atom stereocenters. The van der Waals surface area contributed by atoms with E-state index in [9.17, 15) is 31.5 Å². The molecule has 0 bridgehead atoms. The first kappa shape index (κ1) is 25.2. The van der Waals surface area contributed by atoms with Crippen LogP contribution in [0.3, 0.4) is 0 Å². The quantitative estimate of drug-likeness (QED) is 0.357. The van der Waals surface area contributed by atoms with Crippen molar-refractivity contribution in [1.29, 1.82) is 0 Å². The van der Waals surface area contributed by atoms with E-state index < -0.39 is 41.5 Å². The van der Waals surface area contributed by atoms with Gasteiger partial charge in [0.25, 0.3) is 18.2 Å². The third-order valence-electron chi connectivity index (χ3n) is 5.46. The van der Waals surface area contributed by atoms with E-state index in [-0.39, 0.29) is 26.3 Å². The Bertz CT molecular complexity index is 1500. The van der Waals surface area contributed by atoms with Gasteiger partial charge >= 0.3 is 6.18 Å². The highest BCUT2D eigenvalue weighted by Gasteiger charge is 2.36. The van der Waals surface area contributed by atoms with Crippen LogP contribution in [0, 0.1) is 6.92 Å². The third kappa shape index (κ3) is 4.29. The number of alkyl halides is 5. The largest absolute Gasteiger partial charge is 0.433 e. The van der Waals surface area contributed by atoms with Crippen LogP contribution in [-0.4, -0.2) is 36.4 Å². The van der Waals surface area contributed by atoms with Crippen LogP contribution in [0.25, 0.3) is 21.3 Å². The van der Waals surface area contributed by atoms with Gasteiger partial charge < -0.3 is 11.1 Å². The highest BCUT2D eigenvalue weighted by molar-refractivity contribution is 7.21. The minimum absolute atomic E-state index is 0.0208. The van der Waals surface area contributed by atoms with E-state index in [4.69, 9.17) is 5.73 Å². The van der Waals surface area contributed by atoms with Gasteiger partial charge in [0.1, 0.15) is 21.1 Å². The van der Waals surface area contributed by atoms with Crippen molar-refractivity contribution >= 4 is 39.1 Å². The van der Waals surface area contributed by atoms with Crippen molar-refractivity contribution < 1.29 is 31.5 Å². The zero-order valence-electron chi connectivity index (χ0n) is 18.9. The molecule has 4 aromatic rings. The van der Waals surface area contributed by atoms with Crippen molar-refractivity contribution in [2.75, 3.05) is 5.32 Å². The van der Waals surface area contributed by atoms with Crippen molar-refractivity contribution in [3.05, 3.63) is 46.0 Å². The summed E-state index contributed by atoms with van der Waals surface area (Å²) in [6, 6.07) is 1.67. The maximum atomic E-state index is 13.7. The lowest BCUT2D eigenvalue weighted by atomic mass is 10.0. The van der Waals surface area contributed by atoms with Gasteiger partial charge in [-0.3, -0.25) is 19.0 Å². The van der Waals surface area contributed by atoms with Gasteiger partial charge in [0.2, 0.25) is 0 Å². The third-order valence-corrected chi connectivity index (χ3v) is 6.56. The molecule has 4 aromatic heterocycles. The lowest BCUT2D eigenvalue weighted by Gasteiger charge is -2.10. The number of amides is 2. The molecule has 0 fully saturated rings. The fourth-order valence-electron chi connectivity index (χ4n) is 3.79. The van der Waals surface area contributed by atoms with Crippen LogP contribution in [0.1, 0.15) is 50.6 Å². The molecular weight excluding hydrogens is 509 g/mol. The number of carbonyl (C=O) groups excluding carboxylic acids is 2. The molecular formula is C21H18F5N7O2S. The van der Waals surface area contributed by atoms with Crippen molar-refractivity contribution in [2.24, 2.45) is 12.8 Å². The van der Waals surface area contributed by atoms with Gasteiger partial charge in [-0.1, -0.05) is 0 Å². The number of carbonyl (C=O) groups is 2. The second kappa shape index (κ2) is 8.96. The number of primary amides is 1. The van der Waals surface area contributed by atoms with Crippen molar-refractivity contribution in [2.45, 2.75) is 33.0 Å². The summed E-state index contributed by atoms with van der Waals surface area (Å²) in [6.07, 6.45) is -6.25. The summed E-state index contributed by atoms with van der Waals surface area (Å²) in [7, 11) is 1.02. The van der Waals surface area contributed by atoms with Crippen LogP contribution in [0.5, 0.6) is 0 Å². The molecule has 4 rings (SSSR count). The van der Waals surface area contributed by atoms with Gasteiger partial charge in [-0.05, 0) is 25.5 Å². The molecule has 0 radical (unpaired) electrons. The Balaban J connectivity index is 1.94. The van der Waals surface area contributed by atoms with Gasteiger partial charge in [-0.2, -0.15) is 23.4 Å². The molecule has 0 saturated heterocycles. The average molecular weight is 527 g/mol. The molecule has 2 amide bonds. The molecule has 190 valence electrons. The Morgan fingerprint density at radius 3 is 2.44 bits per heavy atom. The summed E-state index contributed by atoms with van der Waals surface area (Å²) in [4.78, 5) is 28.8. The van der Waals surface area contributed by atoms with Gasteiger partial charge in [0, 0.05) is 36.3 Å². The number of nitrogens with zero attached hydrogens (tertiary/aromatic N) is 5. The zero-order chi connectivity index (χ0) is 26.5. The number of nitrogens with two attached hydrogens (primary N) is 1. The highest BCUT2D eigenvalue weighted by Crippen LogP contribution is 2.43. The Kier molecular flexibility index (Phi) is 6.28. The molecule has 0 aliphatic rings. The van der Waals surface area contributed by atoms with E-state index >= 15 is 0 Å². The molecule has 3 N–H and O–H groups in total. The Labute approximate surface area is 203 Å². The van der Waals surface area contributed by atoms with E-state index in [1.54, 1.807) is 11.6 Å². The topological polar surface area (TPSA) is 121 Å². The van der Waals surface area contributed by atoms with E-state index in [0.29, 0.717) is 39.9 Å². The summed E-state index contributed by atoms with van der Waals surface area (Å²) < 4.78 is 68.9. The van der Waals surface area contributed by atoms with Crippen LogP contribution in [0.15, 0.2) is 18.3 Å². The van der Waals surface area contributed by atoms with Crippen LogP contribution >= 0.6 is 11.3 Å². The molecule has 4 heterocycles. The number of nitrogens with one attached hydrogen (secondary N) is 1. The molecule has 9 nitrogen and oxygen atoms in total. The molecule has 0 atom stereocenters. The second-order valence-electron chi connectivity index (χ2n) is 7.70. The van der Waals surface area contributed by atoms with Crippen LogP contribution in [0.4, 0.5) is 27.6 Å². The SMILES string of the molecule is CCn1ncc(-c2cc(C(F)F)nc3sc(C(N)=O)c(NC(=O)c4cc(C(F)(F)F)n(C)n4)c23)c1C. The van der Waals surface area contributed by atoms with Gasteiger partial charge in [0.05, 0.1) is 11.9 Å². The first-order valence-electron chi connectivity index (χ1n) is 10.3. The van der Waals surface area contributed by atoms with Crippen LogP contribution in [0.2, 0.25) is 0 Å². The molecule has 0 aliphatic carbocycles. The van der Waals surface area contributed by atoms with E-state index in [1.807, 2.05) is 6.92 Å². The first-order chi connectivity index (χ1) is 16.8. The predicted octanol–water partition coefficient (Wildman–Crippen LogP) is 4.53. The van der Waals surface area contributed by atoms with E-state index in [1.165, 1.54) is 6.20 Å². The Hall–Kier alpha value is -3.88. The number of aromatic nitrogens is 5. The fourth-order valence-corrected chi connectivity index (χ4v) is 4.80. The van der Waals surface area contributed by atoms with Crippen molar-refractivity contribution in [3.63, 3.8) is 0 Å². The maximum absolute atomic E-state index is 13.7. The Morgan fingerprint density at radius 1 is 1.22 bits per heavy atom. The average Bonchev–Trinajstić information content (AvgIpc) is 3.47. The normalized spacial score (nSPS) is 12.0. The summed E-state index contributed by atoms with van der Waals surface area (Å²) in [6.45, 7) is 4.04. The fraction of sp³-hybridized carbons (Fsp3) is 0.286. The summed E-state index contributed by atoms with van der Waals surface area (Å²) in [5.41, 5.74) is 4.25. The standard InChI is InChI=1S/C21H18F5N7O2S/c1-4-33-8(2)10(7-28-33)9-5-11(17(22)23)29-20-14(9)15(16(36-20)18(27)34)30-19(35)12-6-13(21(24,25)26)32(3)31-12/h5-7,17H,4H2,1-3H3,(H2,27,34)(H,30,35). The predicted molar refractivity (Wildman–Crippen MR) is 121 cm³/mol. The van der Waals surface area contributed by atoms with E-state index in [0.717, 1.165) is 13.1 Å². The molecule has 0 saturated carbocycles. The zero-order valence-corrected chi connectivity index (χ0v) is 19.8. The number of fused-ring (bicyclic) bond motifs is 1. The van der Waals surface area contributed by atoms with Crippen LogP contribution in [-0.2, 0) is 19.8 Å².